The standard InChI is InChI=1S/C7H16N4S2/c1-8-4-12-6-10(8)3-11-7-13-5-9(11)2/h3-7H2,1-2H3. The first kappa shape index (κ1) is 10.1. The van der Waals surface area contributed by atoms with E-state index in [0.717, 1.165) is 30.2 Å². The van der Waals surface area contributed by atoms with Crippen LogP contribution in [0.1, 0.15) is 0 Å². The van der Waals surface area contributed by atoms with Crippen LogP contribution in [0.15, 0.2) is 0 Å². The van der Waals surface area contributed by atoms with Crippen molar-refractivity contribution in [2.45, 2.75) is 0 Å². The zero-order valence-corrected chi connectivity index (χ0v) is 9.77. The molecule has 13 heavy (non-hydrogen) atoms. The molecule has 2 aliphatic heterocycles. The van der Waals surface area contributed by atoms with Gasteiger partial charge in [0.2, 0.25) is 0 Å². The Hall–Kier alpha value is 0.540. The predicted molar refractivity (Wildman–Crippen MR) is 58.7 cm³/mol. The highest BCUT2D eigenvalue weighted by Crippen LogP contribution is 2.22. The third kappa shape index (κ3) is 2.31. The molecule has 2 fully saturated rings. The Kier molecular flexibility index (Phi) is 3.39. The van der Waals surface area contributed by atoms with Crippen LogP contribution in [0.25, 0.3) is 0 Å². The summed E-state index contributed by atoms with van der Waals surface area (Å²) in [4.78, 5) is 0. The van der Waals surface area contributed by atoms with Crippen molar-refractivity contribution >= 4 is 23.5 Å². The lowest BCUT2D eigenvalue weighted by molar-refractivity contribution is -0.0632. The smallest absolute Gasteiger partial charge is 0.0805 e. The lowest BCUT2D eigenvalue weighted by Crippen LogP contribution is -2.45. The van der Waals surface area contributed by atoms with E-state index in [1.807, 2.05) is 23.5 Å². The summed E-state index contributed by atoms with van der Waals surface area (Å²) in [6.45, 7) is 1.03. The molecule has 0 aliphatic carbocycles. The Morgan fingerprint density at radius 2 is 1.31 bits per heavy atom. The van der Waals surface area contributed by atoms with Crippen molar-refractivity contribution in [2.75, 3.05) is 44.3 Å². The minimum absolute atomic E-state index is 1.03. The minimum Gasteiger partial charge on any atom is -0.233 e. The van der Waals surface area contributed by atoms with Crippen LogP contribution in [0.5, 0.6) is 0 Å². The van der Waals surface area contributed by atoms with Gasteiger partial charge >= 0.3 is 0 Å². The lowest BCUT2D eigenvalue weighted by Gasteiger charge is -2.30. The van der Waals surface area contributed by atoms with Crippen LogP contribution in [0.2, 0.25) is 0 Å². The van der Waals surface area contributed by atoms with E-state index in [2.05, 4.69) is 34.1 Å². The Bertz CT molecular complexity index is 162. The highest BCUT2D eigenvalue weighted by atomic mass is 32.2. The lowest BCUT2D eigenvalue weighted by atomic mass is 10.8. The van der Waals surface area contributed by atoms with Gasteiger partial charge < -0.3 is 0 Å². The van der Waals surface area contributed by atoms with Gasteiger partial charge in [0.1, 0.15) is 0 Å². The van der Waals surface area contributed by atoms with Crippen molar-refractivity contribution in [3.05, 3.63) is 0 Å². The molecule has 0 N–H and O–H groups in total. The number of rotatable bonds is 2. The summed E-state index contributed by atoms with van der Waals surface area (Å²) in [6, 6.07) is 0. The molecule has 0 radical (unpaired) electrons. The third-order valence-electron chi connectivity index (χ3n) is 2.33. The van der Waals surface area contributed by atoms with Crippen LogP contribution in [0.3, 0.4) is 0 Å². The zero-order chi connectivity index (χ0) is 9.26. The molecule has 2 rings (SSSR count). The Morgan fingerprint density at radius 1 is 0.846 bits per heavy atom. The molecular weight excluding hydrogens is 204 g/mol. The molecule has 0 spiro atoms. The molecule has 2 saturated heterocycles. The molecule has 0 aromatic heterocycles. The van der Waals surface area contributed by atoms with Gasteiger partial charge in [-0.1, -0.05) is 0 Å². The second-order valence-corrected chi connectivity index (χ2v) is 5.24. The number of hydrogen-bond acceptors (Lipinski definition) is 6. The molecule has 76 valence electrons. The van der Waals surface area contributed by atoms with Crippen LogP contribution in [0.4, 0.5) is 0 Å². The molecule has 2 heterocycles. The van der Waals surface area contributed by atoms with E-state index in [0.29, 0.717) is 0 Å². The summed E-state index contributed by atoms with van der Waals surface area (Å²) < 4.78 is 0. The van der Waals surface area contributed by atoms with Crippen LogP contribution < -0.4 is 0 Å². The molecular formula is C7H16N4S2. The van der Waals surface area contributed by atoms with Gasteiger partial charge in [0.05, 0.1) is 30.2 Å². The zero-order valence-electron chi connectivity index (χ0n) is 8.14. The number of thioether (sulfide) groups is 2. The van der Waals surface area contributed by atoms with Gasteiger partial charge in [0.15, 0.2) is 0 Å². The first-order valence-electron chi connectivity index (χ1n) is 4.35. The summed E-state index contributed by atoms with van der Waals surface area (Å²) in [7, 11) is 4.31. The van der Waals surface area contributed by atoms with E-state index in [-0.39, 0.29) is 0 Å². The van der Waals surface area contributed by atoms with Crippen LogP contribution in [-0.2, 0) is 0 Å². The maximum absolute atomic E-state index is 2.38. The molecule has 0 bridgehead atoms. The first-order chi connectivity index (χ1) is 6.27. The molecule has 0 amide bonds. The van der Waals surface area contributed by atoms with Crippen molar-refractivity contribution in [1.82, 2.24) is 20.0 Å². The largest absolute Gasteiger partial charge is 0.233 e. The maximum Gasteiger partial charge on any atom is 0.0805 e. The average Bonchev–Trinajstić information content (AvgIpc) is 2.65. The third-order valence-corrected chi connectivity index (χ3v) is 4.40. The Balaban J connectivity index is 1.82. The van der Waals surface area contributed by atoms with Crippen LogP contribution >= 0.6 is 23.5 Å². The van der Waals surface area contributed by atoms with E-state index in [9.17, 15) is 0 Å². The topological polar surface area (TPSA) is 13.0 Å². The molecule has 0 saturated carbocycles. The summed E-state index contributed by atoms with van der Waals surface area (Å²) in [5.74, 6) is 4.52. The van der Waals surface area contributed by atoms with E-state index >= 15 is 0 Å². The second kappa shape index (κ2) is 4.37. The molecule has 0 aromatic carbocycles. The summed E-state index contributed by atoms with van der Waals surface area (Å²) in [5.41, 5.74) is 0. The van der Waals surface area contributed by atoms with Crippen molar-refractivity contribution in [1.29, 1.82) is 0 Å². The monoisotopic (exact) mass is 220 g/mol. The highest BCUT2D eigenvalue weighted by molar-refractivity contribution is 7.99. The summed E-state index contributed by atoms with van der Waals surface area (Å²) in [6.07, 6.45) is 0. The van der Waals surface area contributed by atoms with Crippen LogP contribution in [-0.4, -0.2) is 64.3 Å². The molecule has 0 atom stereocenters. The fourth-order valence-corrected chi connectivity index (χ4v) is 3.40. The summed E-state index contributed by atoms with van der Waals surface area (Å²) in [5, 5.41) is 9.35. The average molecular weight is 220 g/mol. The van der Waals surface area contributed by atoms with Crippen molar-refractivity contribution in [3.63, 3.8) is 0 Å². The Labute approximate surface area is 88.1 Å². The van der Waals surface area contributed by atoms with Crippen molar-refractivity contribution in [2.24, 2.45) is 0 Å². The predicted octanol–water partition coefficient (Wildman–Crippen LogP) is 0.565. The van der Waals surface area contributed by atoms with Gasteiger partial charge in [-0.05, 0) is 0 Å². The van der Waals surface area contributed by atoms with Gasteiger partial charge in [0, 0.05) is 14.1 Å². The minimum atomic E-state index is 1.03. The van der Waals surface area contributed by atoms with Crippen molar-refractivity contribution < 1.29 is 0 Å². The molecule has 0 unspecified atom stereocenters. The van der Waals surface area contributed by atoms with Crippen molar-refractivity contribution in [3.8, 4) is 0 Å². The van der Waals surface area contributed by atoms with Gasteiger partial charge in [-0.25, -0.2) is 20.0 Å². The van der Waals surface area contributed by atoms with Gasteiger partial charge in [-0.15, -0.1) is 23.5 Å². The second-order valence-electron chi connectivity index (χ2n) is 3.39. The maximum atomic E-state index is 2.38. The van der Waals surface area contributed by atoms with Crippen LogP contribution in [0, 0.1) is 0 Å². The normalized spacial score (nSPS) is 29.1. The number of hydrazine groups is 2. The van der Waals surface area contributed by atoms with Gasteiger partial charge in [0.25, 0.3) is 0 Å². The van der Waals surface area contributed by atoms with E-state index in [1.165, 1.54) is 0 Å². The Morgan fingerprint density at radius 3 is 1.62 bits per heavy atom. The molecule has 6 heteroatoms. The van der Waals surface area contributed by atoms with Gasteiger partial charge in [-0.2, -0.15) is 0 Å². The van der Waals surface area contributed by atoms with E-state index in [4.69, 9.17) is 0 Å². The van der Waals surface area contributed by atoms with E-state index in [1.54, 1.807) is 0 Å². The number of hydrogen-bond donors (Lipinski definition) is 0. The fraction of sp³-hybridized carbons (Fsp3) is 1.00. The summed E-state index contributed by atoms with van der Waals surface area (Å²) >= 11 is 3.95. The first-order valence-corrected chi connectivity index (χ1v) is 6.66. The molecule has 4 nitrogen and oxygen atoms in total. The SMILES string of the molecule is CN1CSCN1CN1CSCN1C. The van der Waals surface area contributed by atoms with E-state index < -0.39 is 0 Å². The highest BCUT2D eigenvalue weighted by Gasteiger charge is 2.25. The molecule has 0 aromatic rings. The number of nitrogens with zero attached hydrogens (tertiary/aromatic N) is 4. The fourth-order valence-electron chi connectivity index (χ4n) is 1.40. The quantitative estimate of drug-likeness (QED) is 0.670. The van der Waals surface area contributed by atoms with Gasteiger partial charge in [-0.3, -0.25) is 0 Å². The molecule has 2 aliphatic rings.